The summed E-state index contributed by atoms with van der Waals surface area (Å²) >= 11 is 7.17. The third-order valence-corrected chi connectivity index (χ3v) is 10.3. The van der Waals surface area contributed by atoms with Crippen molar-refractivity contribution in [2.24, 2.45) is 5.92 Å². The highest BCUT2D eigenvalue weighted by Crippen LogP contribution is 2.37. The summed E-state index contributed by atoms with van der Waals surface area (Å²) in [6, 6.07) is 11.4. The molecule has 1 unspecified atom stereocenters. The van der Waals surface area contributed by atoms with Crippen LogP contribution in [-0.2, 0) is 21.2 Å². The van der Waals surface area contributed by atoms with E-state index in [1.807, 2.05) is 18.2 Å². The van der Waals surface area contributed by atoms with Crippen LogP contribution in [0.15, 0.2) is 46.7 Å². The van der Waals surface area contributed by atoms with Crippen LogP contribution in [0.2, 0.25) is 5.02 Å². The molecule has 196 valence electrons. The number of hydrogen-bond donors (Lipinski definition) is 2. The van der Waals surface area contributed by atoms with Gasteiger partial charge in [0.2, 0.25) is 5.91 Å². The Morgan fingerprint density at radius 2 is 1.97 bits per heavy atom. The molecule has 11 heteroatoms. The van der Waals surface area contributed by atoms with Crippen LogP contribution < -0.4 is 9.62 Å². The Hall–Kier alpha value is -2.66. The molecule has 2 N–H and O–H groups in total. The minimum atomic E-state index is -3.89. The van der Waals surface area contributed by atoms with Gasteiger partial charge in [0, 0.05) is 28.5 Å². The van der Waals surface area contributed by atoms with Gasteiger partial charge in [-0.15, -0.1) is 11.3 Å². The summed E-state index contributed by atoms with van der Waals surface area (Å²) in [5.74, 6) is 0.0266. The number of rotatable bonds is 6. The van der Waals surface area contributed by atoms with Crippen LogP contribution in [0.5, 0.6) is 0 Å². The van der Waals surface area contributed by atoms with Gasteiger partial charge in [-0.05, 0) is 78.1 Å². The molecule has 0 saturated carbocycles. The fourth-order valence-electron chi connectivity index (χ4n) is 5.21. The van der Waals surface area contributed by atoms with E-state index in [0.29, 0.717) is 42.6 Å². The number of thiophene rings is 1. The van der Waals surface area contributed by atoms with Crippen molar-refractivity contribution in [2.75, 3.05) is 18.0 Å². The summed E-state index contributed by atoms with van der Waals surface area (Å²) in [4.78, 5) is 28.2. The zero-order valence-corrected chi connectivity index (χ0v) is 22.9. The van der Waals surface area contributed by atoms with Crippen molar-refractivity contribution >= 4 is 60.7 Å². The Morgan fingerprint density at radius 3 is 2.70 bits per heavy atom. The minimum Gasteiger partial charge on any atom is -0.465 e. The third kappa shape index (κ3) is 5.07. The zero-order valence-electron chi connectivity index (χ0n) is 20.5. The molecule has 3 aromatic rings. The summed E-state index contributed by atoms with van der Waals surface area (Å²) in [7, 11) is -3.89. The van der Waals surface area contributed by atoms with E-state index in [2.05, 4.69) is 18.6 Å². The van der Waals surface area contributed by atoms with Crippen LogP contribution in [0.1, 0.15) is 43.9 Å². The molecule has 1 aromatic heterocycles. The third-order valence-electron chi connectivity index (χ3n) is 6.96. The van der Waals surface area contributed by atoms with E-state index in [1.54, 1.807) is 29.2 Å². The number of amides is 2. The number of carbonyl (C=O) groups excluding carboxylic acids is 1. The fourth-order valence-corrected chi connectivity index (χ4v) is 8.01. The first-order valence-electron chi connectivity index (χ1n) is 12.2. The predicted octanol–water partition coefficient (Wildman–Crippen LogP) is 5.26. The molecule has 2 amide bonds. The molecule has 0 aliphatic carbocycles. The summed E-state index contributed by atoms with van der Waals surface area (Å²) < 4.78 is 29.7. The Bertz CT molecular complexity index is 1490. The number of nitrogens with zero attached hydrogens (tertiary/aromatic N) is 2. The molecule has 37 heavy (non-hydrogen) atoms. The van der Waals surface area contributed by atoms with Crippen LogP contribution >= 0.6 is 22.9 Å². The minimum absolute atomic E-state index is 0.143. The highest BCUT2D eigenvalue weighted by molar-refractivity contribution is 7.91. The van der Waals surface area contributed by atoms with Gasteiger partial charge in [-0.1, -0.05) is 31.5 Å². The van der Waals surface area contributed by atoms with Crippen molar-refractivity contribution < 1.29 is 23.1 Å². The van der Waals surface area contributed by atoms with Gasteiger partial charge in [-0.2, -0.15) is 4.72 Å². The highest BCUT2D eigenvalue weighted by atomic mass is 35.5. The molecule has 2 aliphatic heterocycles. The second-order valence-corrected chi connectivity index (χ2v) is 13.4. The summed E-state index contributed by atoms with van der Waals surface area (Å²) in [5, 5.41) is 10.9. The number of sulfonamides is 1. The average molecular weight is 562 g/mol. The lowest BCUT2D eigenvalue weighted by atomic mass is 9.87. The van der Waals surface area contributed by atoms with Crippen LogP contribution in [0.3, 0.4) is 0 Å². The number of carboxylic acid groups (broad SMARTS) is 1. The first-order chi connectivity index (χ1) is 17.5. The molecule has 2 atom stereocenters. The SMILES string of the molecule is CC(C)CC1c2ccc(N3CC[C@H](NS(=O)(=O)c4cc5cc(Cl)ccc5s4)C3=O)cc2CCN1C(=O)O. The Labute approximate surface area is 224 Å². The Morgan fingerprint density at radius 1 is 1.19 bits per heavy atom. The molecular formula is C26H28ClN3O5S2. The highest BCUT2D eigenvalue weighted by Gasteiger charge is 2.37. The van der Waals surface area contributed by atoms with Crippen LogP contribution in [0.25, 0.3) is 10.1 Å². The van der Waals surface area contributed by atoms with E-state index >= 15 is 0 Å². The van der Waals surface area contributed by atoms with Gasteiger partial charge >= 0.3 is 6.09 Å². The van der Waals surface area contributed by atoms with Gasteiger partial charge < -0.3 is 14.9 Å². The molecule has 0 bridgehead atoms. The van der Waals surface area contributed by atoms with E-state index in [1.165, 1.54) is 4.90 Å². The summed E-state index contributed by atoms with van der Waals surface area (Å²) in [5.41, 5.74) is 2.70. The van der Waals surface area contributed by atoms with E-state index < -0.39 is 22.2 Å². The van der Waals surface area contributed by atoms with Gasteiger partial charge in [0.25, 0.3) is 10.0 Å². The second-order valence-electron chi connectivity index (χ2n) is 9.95. The van der Waals surface area contributed by atoms with Crippen molar-refractivity contribution in [3.8, 4) is 0 Å². The lowest BCUT2D eigenvalue weighted by Gasteiger charge is -2.37. The van der Waals surface area contributed by atoms with Crippen LogP contribution in [0.4, 0.5) is 10.5 Å². The average Bonchev–Trinajstić information content (AvgIpc) is 3.42. The van der Waals surface area contributed by atoms with E-state index in [9.17, 15) is 23.1 Å². The number of nitrogens with one attached hydrogen (secondary N) is 1. The van der Waals surface area contributed by atoms with Gasteiger partial charge in [-0.25, -0.2) is 13.2 Å². The first kappa shape index (κ1) is 26.0. The fraction of sp³-hybridized carbons (Fsp3) is 0.385. The first-order valence-corrected chi connectivity index (χ1v) is 14.9. The quantitative estimate of drug-likeness (QED) is 0.427. The number of anilines is 1. The summed E-state index contributed by atoms with van der Waals surface area (Å²) in [6.45, 7) is 4.94. The molecule has 2 aliphatic rings. The maximum absolute atomic E-state index is 13.3. The molecular weight excluding hydrogens is 534 g/mol. The number of fused-ring (bicyclic) bond motifs is 2. The Balaban J connectivity index is 1.35. The topological polar surface area (TPSA) is 107 Å². The maximum atomic E-state index is 13.3. The molecule has 3 heterocycles. The smallest absolute Gasteiger partial charge is 0.407 e. The molecule has 5 rings (SSSR count). The lowest BCUT2D eigenvalue weighted by Crippen LogP contribution is -2.41. The molecule has 8 nitrogen and oxygen atoms in total. The molecule has 1 saturated heterocycles. The molecule has 2 aromatic carbocycles. The van der Waals surface area contributed by atoms with Crippen molar-refractivity contribution in [3.63, 3.8) is 0 Å². The standard InChI is InChI=1S/C26H28ClN3O5S2/c1-15(2)11-22-20-5-4-19(13-16(20)7-9-30(22)26(32)33)29-10-8-21(25(29)31)28-37(34,35)24-14-17-12-18(27)3-6-23(17)36-24/h3-6,12-15,21-22,28H,7-11H2,1-2H3,(H,32,33)/t21-,22?/m0/s1. The predicted molar refractivity (Wildman–Crippen MR) is 145 cm³/mol. The van der Waals surface area contributed by atoms with Gasteiger partial charge in [0.05, 0.1) is 6.04 Å². The number of halogens is 1. The zero-order chi connectivity index (χ0) is 26.5. The van der Waals surface area contributed by atoms with Gasteiger partial charge in [0.1, 0.15) is 10.3 Å². The monoisotopic (exact) mass is 561 g/mol. The lowest BCUT2D eigenvalue weighted by molar-refractivity contribution is -0.118. The van der Waals surface area contributed by atoms with Crippen molar-refractivity contribution in [3.05, 3.63) is 58.6 Å². The normalized spacial score (nSPS) is 20.2. The van der Waals surface area contributed by atoms with Crippen molar-refractivity contribution in [2.45, 2.75) is 49.4 Å². The van der Waals surface area contributed by atoms with E-state index in [0.717, 1.165) is 39.0 Å². The van der Waals surface area contributed by atoms with E-state index in [4.69, 9.17) is 11.6 Å². The molecule has 0 radical (unpaired) electrons. The second kappa shape index (κ2) is 9.90. The van der Waals surface area contributed by atoms with Crippen LogP contribution in [0, 0.1) is 5.92 Å². The van der Waals surface area contributed by atoms with Gasteiger partial charge in [-0.3, -0.25) is 4.79 Å². The summed E-state index contributed by atoms with van der Waals surface area (Å²) in [6.07, 6.45) is 0.717. The van der Waals surface area contributed by atoms with Crippen molar-refractivity contribution in [1.29, 1.82) is 0 Å². The maximum Gasteiger partial charge on any atom is 0.407 e. The Kier molecular flexibility index (Phi) is 6.95. The number of hydrogen-bond acceptors (Lipinski definition) is 5. The van der Waals surface area contributed by atoms with Crippen molar-refractivity contribution in [1.82, 2.24) is 9.62 Å². The largest absolute Gasteiger partial charge is 0.465 e. The number of carbonyl (C=O) groups is 2. The molecule has 1 fully saturated rings. The number of benzene rings is 2. The van der Waals surface area contributed by atoms with E-state index in [-0.39, 0.29) is 16.2 Å². The van der Waals surface area contributed by atoms with Crippen LogP contribution in [-0.4, -0.2) is 49.6 Å². The van der Waals surface area contributed by atoms with Gasteiger partial charge in [0.15, 0.2) is 0 Å². The molecule has 0 spiro atoms.